The molecule has 0 saturated carbocycles. The number of furan rings is 1. The third-order valence-electron chi connectivity index (χ3n) is 5.88. The van der Waals surface area contributed by atoms with Crippen LogP contribution in [0.5, 0.6) is 0 Å². The van der Waals surface area contributed by atoms with Crippen molar-refractivity contribution in [3.8, 4) is 0 Å². The Kier molecular flexibility index (Phi) is 5.55. The molecule has 1 saturated heterocycles. The lowest BCUT2D eigenvalue weighted by Gasteiger charge is -2.31. The average Bonchev–Trinajstić information content (AvgIpc) is 3.53. The molecule has 0 spiro atoms. The van der Waals surface area contributed by atoms with Crippen molar-refractivity contribution in [1.29, 1.82) is 0 Å². The number of para-hydroxylation sites is 1. The summed E-state index contributed by atoms with van der Waals surface area (Å²) in [4.78, 5) is 18.4. The molecule has 0 radical (unpaired) electrons. The van der Waals surface area contributed by atoms with Crippen LogP contribution in [0.3, 0.4) is 0 Å². The second-order valence-electron chi connectivity index (χ2n) is 8.08. The highest BCUT2D eigenvalue weighted by molar-refractivity contribution is 7.99. The molecule has 160 valence electrons. The number of anilines is 1. The molecule has 0 amide bonds. The van der Waals surface area contributed by atoms with Crippen LogP contribution in [0, 0.1) is 5.92 Å². The van der Waals surface area contributed by atoms with Gasteiger partial charge in [-0.3, -0.25) is 9.36 Å². The van der Waals surface area contributed by atoms with Crippen molar-refractivity contribution in [2.24, 2.45) is 5.92 Å². The number of nitrogens with one attached hydrogen (secondary N) is 1. The van der Waals surface area contributed by atoms with Crippen LogP contribution >= 0.6 is 11.8 Å². The van der Waals surface area contributed by atoms with Gasteiger partial charge in [-0.05, 0) is 37.0 Å². The Morgan fingerprint density at radius 1 is 1.19 bits per heavy atom. The van der Waals surface area contributed by atoms with E-state index in [-0.39, 0.29) is 5.78 Å². The lowest BCUT2D eigenvalue weighted by Crippen LogP contribution is -2.35. The van der Waals surface area contributed by atoms with Crippen LogP contribution in [0.4, 0.5) is 5.95 Å². The first-order chi connectivity index (χ1) is 15.2. The fourth-order valence-corrected chi connectivity index (χ4v) is 4.85. The predicted molar refractivity (Wildman–Crippen MR) is 122 cm³/mol. The van der Waals surface area contributed by atoms with E-state index in [2.05, 4.69) is 31.6 Å². The van der Waals surface area contributed by atoms with Gasteiger partial charge in [-0.2, -0.15) is 0 Å². The molecule has 1 fully saturated rings. The molecular formula is C23H25N5O2S. The molecular weight excluding hydrogens is 410 g/mol. The largest absolute Gasteiger partial charge is 0.467 e. The lowest BCUT2D eigenvalue weighted by molar-refractivity contribution is 0.102. The quantitative estimate of drug-likeness (QED) is 0.337. The van der Waals surface area contributed by atoms with Gasteiger partial charge in [0.05, 0.1) is 18.6 Å². The standard InChI is InChI=1S/C23H25N5O2S/c1-16-8-10-27(11-9-16)22-25-26-23(28(22)14-17-5-4-12-30-17)31-15-21(29)19-13-24-20-7-3-2-6-18(19)20/h2-7,12-13,16,24H,8-11,14-15H2,1H3. The highest BCUT2D eigenvalue weighted by Gasteiger charge is 2.24. The van der Waals surface area contributed by atoms with Gasteiger partial charge in [0.2, 0.25) is 5.95 Å². The number of Topliss-reactive ketones (excluding diaryl/α,β-unsaturated/α-hetero) is 1. The van der Waals surface area contributed by atoms with E-state index < -0.39 is 0 Å². The number of H-pyrrole nitrogens is 1. The van der Waals surface area contributed by atoms with Gasteiger partial charge in [0.15, 0.2) is 10.9 Å². The van der Waals surface area contributed by atoms with E-state index in [9.17, 15) is 4.79 Å². The number of thioether (sulfide) groups is 1. The van der Waals surface area contributed by atoms with Gasteiger partial charge in [-0.15, -0.1) is 10.2 Å². The minimum absolute atomic E-state index is 0.0725. The molecule has 1 aliphatic rings. The number of hydrogen-bond acceptors (Lipinski definition) is 6. The van der Waals surface area contributed by atoms with E-state index in [0.29, 0.717) is 17.9 Å². The number of ketones is 1. The Morgan fingerprint density at radius 2 is 2.03 bits per heavy atom. The maximum atomic E-state index is 12.9. The van der Waals surface area contributed by atoms with Crippen LogP contribution in [0.25, 0.3) is 10.9 Å². The third kappa shape index (κ3) is 4.12. The summed E-state index contributed by atoms with van der Waals surface area (Å²) in [6, 6.07) is 11.7. The van der Waals surface area contributed by atoms with Crippen molar-refractivity contribution in [3.63, 3.8) is 0 Å². The van der Waals surface area contributed by atoms with E-state index in [1.54, 1.807) is 12.5 Å². The molecule has 0 aliphatic carbocycles. The van der Waals surface area contributed by atoms with Crippen molar-refractivity contribution >= 4 is 34.4 Å². The summed E-state index contributed by atoms with van der Waals surface area (Å²) >= 11 is 1.43. The molecule has 0 unspecified atom stereocenters. The molecule has 7 nitrogen and oxygen atoms in total. The van der Waals surface area contributed by atoms with Crippen LogP contribution in [0.1, 0.15) is 35.9 Å². The minimum Gasteiger partial charge on any atom is -0.467 e. The topological polar surface area (TPSA) is 80.0 Å². The number of rotatable bonds is 7. The van der Waals surface area contributed by atoms with E-state index in [1.165, 1.54) is 11.8 Å². The van der Waals surface area contributed by atoms with Gasteiger partial charge in [0, 0.05) is 35.8 Å². The van der Waals surface area contributed by atoms with E-state index in [0.717, 1.165) is 59.6 Å². The van der Waals surface area contributed by atoms with Crippen molar-refractivity contribution < 1.29 is 9.21 Å². The summed E-state index contributed by atoms with van der Waals surface area (Å²) < 4.78 is 7.65. The van der Waals surface area contributed by atoms with Crippen LogP contribution in [-0.2, 0) is 6.54 Å². The SMILES string of the molecule is CC1CCN(c2nnc(SCC(=O)c3c[nH]c4ccccc34)n2Cc2ccco2)CC1. The first-order valence-electron chi connectivity index (χ1n) is 10.6. The smallest absolute Gasteiger partial charge is 0.228 e. The first-order valence-corrected chi connectivity index (χ1v) is 11.6. The average molecular weight is 436 g/mol. The molecule has 0 bridgehead atoms. The molecule has 0 atom stereocenters. The maximum absolute atomic E-state index is 12.9. The number of hydrogen-bond donors (Lipinski definition) is 1. The number of aromatic amines is 1. The van der Waals surface area contributed by atoms with Gasteiger partial charge in [-0.25, -0.2) is 0 Å². The lowest BCUT2D eigenvalue weighted by atomic mass is 10.00. The Balaban J connectivity index is 1.37. The Labute approximate surface area is 184 Å². The number of carbonyl (C=O) groups excluding carboxylic acids is 1. The fraction of sp³-hybridized carbons (Fsp3) is 0.348. The van der Waals surface area contributed by atoms with E-state index in [4.69, 9.17) is 4.42 Å². The fourth-order valence-electron chi connectivity index (χ4n) is 4.04. The Bertz CT molecular complexity index is 1170. The van der Waals surface area contributed by atoms with Crippen molar-refractivity contribution in [3.05, 3.63) is 60.2 Å². The van der Waals surface area contributed by atoms with Gasteiger partial charge in [0.1, 0.15) is 5.76 Å². The van der Waals surface area contributed by atoms with Crippen LogP contribution in [-0.4, -0.2) is 44.4 Å². The van der Waals surface area contributed by atoms with E-state index in [1.807, 2.05) is 36.4 Å². The minimum atomic E-state index is 0.0725. The highest BCUT2D eigenvalue weighted by Crippen LogP contribution is 2.28. The summed E-state index contributed by atoms with van der Waals surface area (Å²) in [5.74, 6) is 2.81. The zero-order valence-electron chi connectivity index (χ0n) is 17.5. The zero-order chi connectivity index (χ0) is 21.2. The van der Waals surface area contributed by atoms with Crippen LogP contribution in [0.2, 0.25) is 0 Å². The van der Waals surface area contributed by atoms with Crippen LogP contribution in [0.15, 0.2) is 58.4 Å². The number of carbonyl (C=O) groups is 1. The first kappa shape index (κ1) is 19.9. The van der Waals surface area contributed by atoms with Gasteiger partial charge in [-0.1, -0.05) is 36.9 Å². The van der Waals surface area contributed by atoms with Crippen molar-refractivity contribution in [2.45, 2.75) is 31.5 Å². The summed E-state index contributed by atoms with van der Waals surface area (Å²) in [5.41, 5.74) is 1.68. The number of fused-ring (bicyclic) bond motifs is 1. The Hall–Kier alpha value is -3.00. The summed E-state index contributed by atoms with van der Waals surface area (Å²) in [7, 11) is 0. The van der Waals surface area contributed by atoms with Crippen LogP contribution < -0.4 is 4.90 Å². The zero-order valence-corrected chi connectivity index (χ0v) is 18.3. The second kappa shape index (κ2) is 8.63. The summed E-state index contributed by atoms with van der Waals surface area (Å²) in [6.07, 6.45) is 5.76. The molecule has 8 heteroatoms. The molecule has 1 aromatic carbocycles. The highest BCUT2D eigenvalue weighted by atomic mass is 32.2. The number of benzene rings is 1. The maximum Gasteiger partial charge on any atom is 0.228 e. The van der Waals surface area contributed by atoms with Crippen molar-refractivity contribution in [2.75, 3.05) is 23.7 Å². The number of piperidine rings is 1. The summed E-state index contributed by atoms with van der Waals surface area (Å²) in [5, 5.41) is 10.6. The number of aromatic nitrogens is 4. The van der Waals surface area contributed by atoms with Crippen molar-refractivity contribution in [1.82, 2.24) is 19.7 Å². The summed E-state index contributed by atoms with van der Waals surface area (Å²) in [6.45, 7) is 4.78. The van der Waals surface area contributed by atoms with Gasteiger partial charge < -0.3 is 14.3 Å². The van der Waals surface area contributed by atoms with Gasteiger partial charge >= 0.3 is 0 Å². The molecule has 1 aliphatic heterocycles. The molecule has 4 aromatic rings. The normalized spacial score (nSPS) is 15.1. The molecule has 1 N–H and O–H groups in total. The second-order valence-corrected chi connectivity index (χ2v) is 9.02. The number of nitrogens with zero attached hydrogens (tertiary/aromatic N) is 4. The molecule has 5 rings (SSSR count). The molecule has 4 heterocycles. The van der Waals surface area contributed by atoms with E-state index >= 15 is 0 Å². The third-order valence-corrected chi connectivity index (χ3v) is 6.85. The monoisotopic (exact) mass is 435 g/mol. The molecule has 3 aromatic heterocycles. The Morgan fingerprint density at radius 3 is 2.84 bits per heavy atom. The van der Waals surface area contributed by atoms with Gasteiger partial charge in [0.25, 0.3) is 0 Å². The predicted octanol–water partition coefficient (Wildman–Crippen LogP) is 4.61. The molecule has 31 heavy (non-hydrogen) atoms.